The van der Waals surface area contributed by atoms with Crippen molar-refractivity contribution >= 4 is 11.9 Å². The Morgan fingerprint density at radius 1 is 0.351 bits per heavy atom. The summed E-state index contributed by atoms with van der Waals surface area (Å²) < 4.78 is 5.49. The van der Waals surface area contributed by atoms with Crippen LogP contribution in [-0.4, -0.2) is 47.4 Å². The zero-order valence-electron chi connectivity index (χ0n) is 52.2. The molecule has 77 heavy (non-hydrogen) atoms. The Hall–Kier alpha value is -1.66. The van der Waals surface area contributed by atoms with Crippen LogP contribution in [0.5, 0.6) is 0 Å². The first-order valence-corrected chi connectivity index (χ1v) is 35.1. The van der Waals surface area contributed by atoms with E-state index in [-0.39, 0.29) is 18.5 Å². The molecule has 0 spiro atoms. The maximum absolute atomic E-state index is 12.5. The zero-order valence-corrected chi connectivity index (χ0v) is 52.2. The first-order valence-electron chi connectivity index (χ1n) is 35.1. The van der Waals surface area contributed by atoms with Gasteiger partial charge in [-0.15, -0.1) is 0 Å². The van der Waals surface area contributed by atoms with E-state index in [1.54, 1.807) is 6.08 Å². The van der Waals surface area contributed by atoms with Crippen molar-refractivity contribution in [3.8, 4) is 0 Å². The number of carbonyl (C=O) groups excluding carboxylic acids is 2. The number of ether oxygens (including phenoxy) is 1. The van der Waals surface area contributed by atoms with Crippen molar-refractivity contribution in [1.82, 2.24) is 5.32 Å². The maximum Gasteiger partial charge on any atom is 0.305 e. The molecule has 6 nitrogen and oxygen atoms in total. The van der Waals surface area contributed by atoms with Gasteiger partial charge in [-0.3, -0.25) is 9.59 Å². The average molecular weight is 1080 g/mol. The van der Waals surface area contributed by atoms with E-state index in [1.807, 2.05) is 6.08 Å². The van der Waals surface area contributed by atoms with Crippen molar-refractivity contribution in [2.45, 2.75) is 405 Å². The molecule has 0 bridgehead atoms. The molecule has 0 radical (unpaired) electrons. The largest absolute Gasteiger partial charge is 0.466 e. The highest BCUT2D eigenvalue weighted by molar-refractivity contribution is 5.76. The minimum Gasteiger partial charge on any atom is -0.466 e. The molecule has 0 aromatic rings. The molecule has 1 amide bonds. The highest BCUT2D eigenvalue weighted by atomic mass is 16.5. The summed E-state index contributed by atoms with van der Waals surface area (Å²) in [5, 5.41) is 23.1. The maximum atomic E-state index is 12.5. The summed E-state index contributed by atoms with van der Waals surface area (Å²) in [7, 11) is 0. The van der Waals surface area contributed by atoms with Gasteiger partial charge in [-0.2, -0.15) is 0 Å². The lowest BCUT2D eigenvalue weighted by molar-refractivity contribution is -0.143. The molecule has 456 valence electrons. The smallest absolute Gasteiger partial charge is 0.305 e. The van der Waals surface area contributed by atoms with Crippen LogP contribution in [0.4, 0.5) is 0 Å². The number of amides is 1. The number of hydrogen-bond acceptors (Lipinski definition) is 5. The summed E-state index contributed by atoms with van der Waals surface area (Å²) in [6, 6.07) is -0.624. The van der Waals surface area contributed by atoms with Crippen LogP contribution in [0.15, 0.2) is 24.3 Å². The Balaban J connectivity index is 3.34. The summed E-state index contributed by atoms with van der Waals surface area (Å²) in [6.07, 6.45) is 84.1. The van der Waals surface area contributed by atoms with E-state index in [2.05, 4.69) is 31.3 Å². The lowest BCUT2D eigenvalue weighted by Crippen LogP contribution is -2.45. The molecule has 0 aliphatic heterocycles. The molecule has 2 atom stereocenters. The van der Waals surface area contributed by atoms with Crippen LogP contribution >= 0.6 is 0 Å². The van der Waals surface area contributed by atoms with E-state index in [0.29, 0.717) is 19.4 Å². The predicted octanol–water partition coefficient (Wildman–Crippen LogP) is 22.5. The van der Waals surface area contributed by atoms with Gasteiger partial charge in [0.05, 0.1) is 25.4 Å². The third kappa shape index (κ3) is 63.4. The van der Waals surface area contributed by atoms with Gasteiger partial charge >= 0.3 is 5.97 Å². The second kappa shape index (κ2) is 66.8. The van der Waals surface area contributed by atoms with Crippen molar-refractivity contribution in [1.29, 1.82) is 0 Å². The number of esters is 1. The zero-order chi connectivity index (χ0) is 55.7. The van der Waals surface area contributed by atoms with E-state index in [9.17, 15) is 19.8 Å². The normalized spacial score (nSPS) is 12.6. The quantitative estimate of drug-likeness (QED) is 0.0320. The third-order valence-corrected chi connectivity index (χ3v) is 16.5. The standard InChI is InChI=1S/C71H137NO5/c1-3-5-7-9-11-13-15-17-41-45-49-53-57-61-65-71(76)77-66-62-58-54-50-46-42-38-36-34-32-30-28-26-24-22-20-18-19-21-23-25-27-29-31-33-35-37-40-44-48-52-56-60-64-70(75)72-68(67-73)69(74)63-59-55-51-47-43-39-16-14-12-10-8-6-4-2/h22,24,59,63,68-69,73-74H,3-21,23,25-58,60-62,64-67H2,1-2H3,(H,72,75)/b24-22-,63-59+. The summed E-state index contributed by atoms with van der Waals surface area (Å²) in [6.45, 7) is 4.93. The van der Waals surface area contributed by atoms with Gasteiger partial charge < -0.3 is 20.3 Å². The number of allylic oxidation sites excluding steroid dienone is 3. The number of aliphatic hydroxyl groups excluding tert-OH is 2. The van der Waals surface area contributed by atoms with E-state index < -0.39 is 12.1 Å². The van der Waals surface area contributed by atoms with Crippen molar-refractivity contribution in [2.75, 3.05) is 13.2 Å². The lowest BCUT2D eigenvalue weighted by atomic mass is 10.0. The van der Waals surface area contributed by atoms with Gasteiger partial charge in [-0.05, 0) is 57.8 Å². The predicted molar refractivity (Wildman–Crippen MR) is 338 cm³/mol. The van der Waals surface area contributed by atoms with Crippen molar-refractivity contribution in [3.05, 3.63) is 24.3 Å². The third-order valence-electron chi connectivity index (χ3n) is 16.5. The van der Waals surface area contributed by atoms with Gasteiger partial charge in [0.25, 0.3) is 0 Å². The Bertz CT molecular complexity index is 1200. The van der Waals surface area contributed by atoms with Crippen LogP contribution in [0, 0.1) is 0 Å². The minimum absolute atomic E-state index is 0.0212. The second-order valence-electron chi connectivity index (χ2n) is 24.2. The van der Waals surface area contributed by atoms with Crippen LogP contribution in [0.25, 0.3) is 0 Å². The highest BCUT2D eigenvalue weighted by Gasteiger charge is 2.18. The van der Waals surface area contributed by atoms with Gasteiger partial charge in [-0.1, -0.05) is 346 Å². The van der Waals surface area contributed by atoms with Gasteiger partial charge in [0, 0.05) is 12.8 Å². The van der Waals surface area contributed by atoms with E-state index >= 15 is 0 Å². The number of carbonyl (C=O) groups is 2. The van der Waals surface area contributed by atoms with Gasteiger partial charge in [-0.25, -0.2) is 0 Å². The molecule has 0 aliphatic carbocycles. The average Bonchev–Trinajstić information content (AvgIpc) is 3.43. The van der Waals surface area contributed by atoms with Crippen LogP contribution in [-0.2, 0) is 14.3 Å². The van der Waals surface area contributed by atoms with Crippen molar-refractivity contribution in [2.24, 2.45) is 0 Å². The fourth-order valence-electron chi connectivity index (χ4n) is 11.1. The summed E-state index contributed by atoms with van der Waals surface area (Å²) in [5.74, 6) is -0.0421. The Kier molecular flexibility index (Phi) is 65.4. The molecule has 0 aromatic heterocycles. The Morgan fingerprint density at radius 2 is 0.610 bits per heavy atom. The molecule has 0 saturated heterocycles. The molecule has 0 fully saturated rings. The van der Waals surface area contributed by atoms with E-state index in [1.165, 1.54) is 327 Å². The Labute approximate surface area is 481 Å². The van der Waals surface area contributed by atoms with E-state index in [0.717, 1.165) is 38.5 Å². The number of nitrogens with one attached hydrogen (secondary N) is 1. The van der Waals surface area contributed by atoms with Crippen LogP contribution in [0.2, 0.25) is 0 Å². The fraction of sp³-hybridized carbons (Fsp3) is 0.915. The number of aliphatic hydroxyl groups is 2. The van der Waals surface area contributed by atoms with Crippen LogP contribution in [0.3, 0.4) is 0 Å². The van der Waals surface area contributed by atoms with Gasteiger partial charge in [0.2, 0.25) is 5.91 Å². The van der Waals surface area contributed by atoms with Crippen molar-refractivity contribution < 1.29 is 24.5 Å². The molecule has 6 heteroatoms. The summed E-state index contributed by atoms with van der Waals surface area (Å²) in [5.41, 5.74) is 0. The SMILES string of the molecule is CCCCCCCCCCCCC/C=C/C(O)C(CO)NC(=O)CCCCCCCCCCCCCCCCCCC/C=C\CCCCCCCCCCCCCCOC(=O)CCCCCCCCCCCCCCCC. The number of unbranched alkanes of at least 4 members (excludes halogenated alkanes) is 53. The molecular formula is C71H137NO5. The molecule has 2 unspecified atom stereocenters. The highest BCUT2D eigenvalue weighted by Crippen LogP contribution is 2.19. The van der Waals surface area contributed by atoms with Gasteiger partial charge in [0.15, 0.2) is 0 Å². The lowest BCUT2D eigenvalue weighted by Gasteiger charge is -2.20. The molecule has 0 aromatic carbocycles. The topological polar surface area (TPSA) is 95.9 Å². The molecule has 0 saturated carbocycles. The Morgan fingerprint density at radius 3 is 0.922 bits per heavy atom. The first-order chi connectivity index (χ1) is 38.0. The fourth-order valence-corrected chi connectivity index (χ4v) is 11.1. The summed E-state index contributed by atoms with van der Waals surface area (Å²) in [4.78, 5) is 24.5. The van der Waals surface area contributed by atoms with Crippen LogP contribution < -0.4 is 5.32 Å². The first kappa shape index (κ1) is 75.3. The van der Waals surface area contributed by atoms with Crippen LogP contribution in [0.1, 0.15) is 393 Å². The molecule has 0 aliphatic rings. The van der Waals surface area contributed by atoms with Gasteiger partial charge in [0.1, 0.15) is 0 Å². The number of rotatable bonds is 66. The second-order valence-corrected chi connectivity index (χ2v) is 24.2. The molecule has 3 N–H and O–H groups in total. The minimum atomic E-state index is -0.841. The monoisotopic (exact) mass is 1080 g/mol. The molecule has 0 rings (SSSR count). The summed E-state index contributed by atoms with van der Waals surface area (Å²) >= 11 is 0. The molecule has 0 heterocycles. The molecular weight excluding hydrogens is 947 g/mol. The van der Waals surface area contributed by atoms with E-state index in [4.69, 9.17) is 4.74 Å². The number of hydrogen-bond donors (Lipinski definition) is 3. The van der Waals surface area contributed by atoms with Crippen molar-refractivity contribution in [3.63, 3.8) is 0 Å².